The first-order valence-corrected chi connectivity index (χ1v) is 7.56. The lowest BCUT2D eigenvalue weighted by Crippen LogP contribution is -2.36. The van der Waals surface area contributed by atoms with Crippen LogP contribution in [0.4, 0.5) is 0 Å². The molecule has 0 aliphatic rings. The molecule has 1 amide bonds. The molecule has 2 rings (SSSR count). The summed E-state index contributed by atoms with van der Waals surface area (Å²) in [7, 11) is 3.58. The lowest BCUT2D eigenvalue weighted by molar-refractivity contribution is -0.122. The monoisotopic (exact) mass is 304 g/mol. The van der Waals surface area contributed by atoms with Crippen molar-refractivity contribution in [1.82, 2.24) is 10.2 Å². The van der Waals surface area contributed by atoms with E-state index in [2.05, 4.69) is 5.32 Å². The van der Waals surface area contributed by atoms with Gasteiger partial charge >= 0.3 is 0 Å². The SMILES string of the molecule is COCCCNC(=O)CN(C)C(C)c1cc2ccccc2o1. The zero-order valence-electron chi connectivity index (χ0n) is 13.5. The van der Waals surface area contributed by atoms with Gasteiger partial charge in [0, 0.05) is 25.6 Å². The van der Waals surface area contributed by atoms with Crippen LogP contribution in [0.5, 0.6) is 0 Å². The molecule has 0 aliphatic carbocycles. The van der Waals surface area contributed by atoms with E-state index in [1.807, 2.05) is 49.2 Å². The van der Waals surface area contributed by atoms with E-state index in [1.165, 1.54) is 0 Å². The fourth-order valence-corrected chi connectivity index (χ4v) is 2.29. The van der Waals surface area contributed by atoms with Crippen molar-refractivity contribution in [2.45, 2.75) is 19.4 Å². The largest absolute Gasteiger partial charge is 0.459 e. The van der Waals surface area contributed by atoms with Gasteiger partial charge in [-0.25, -0.2) is 0 Å². The molecule has 0 radical (unpaired) electrons. The van der Waals surface area contributed by atoms with E-state index in [0.29, 0.717) is 19.7 Å². The molecule has 1 aromatic carbocycles. The van der Waals surface area contributed by atoms with Crippen molar-refractivity contribution in [3.05, 3.63) is 36.1 Å². The normalized spacial score (nSPS) is 12.7. The van der Waals surface area contributed by atoms with Crippen molar-refractivity contribution >= 4 is 16.9 Å². The molecular formula is C17H24N2O3. The number of likely N-dealkylation sites (N-methyl/N-ethyl adjacent to an activating group) is 1. The number of carbonyl (C=O) groups is 1. The molecule has 120 valence electrons. The van der Waals surface area contributed by atoms with Gasteiger partial charge in [-0.05, 0) is 32.5 Å². The standard InChI is InChI=1S/C17H24N2O3/c1-13(16-11-14-7-4-5-8-15(14)22-16)19(2)12-17(20)18-9-6-10-21-3/h4-5,7-8,11,13H,6,9-10,12H2,1-3H3,(H,18,20). The van der Waals surface area contributed by atoms with Crippen LogP contribution in [0, 0.1) is 0 Å². The van der Waals surface area contributed by atoms with Crippen molar-refractivity contribution in [3.8, 4) is 0 Å². The number of furan rings is 1. The minimum Gasteiger partial charge on any atom is -0.459 e. The Morgan fingerprint density at radius 3 is 2.91 bits per heavy atom. The number of benzene rings is 1. The van der Waals surface area contributed by atoms with E-state index in [-0.39, 0.29) is 11.9 Å². The summed E-state index contributed by atoms with van der Waals surface area (Å²) in [5, 5.41) is 3.98. The molecule has 0 saturated heterocycles. The molecule has 5 heteroatoms. The smallest absolute Gasteiger partial charge is 0.234 e. The molecule has 1 heterocycles. The summed E-state index contributed by atoms with van der Waals surface area (Å²) in [6, 6.07) is 10.00. The average molecular weight is 304 g/mol. The van der Waals surface area contributed by atoms with Crippen LogP contribution in [-0.2, 0) is 9.53 Å². The van der Waals surface area contributed by atoms with E-state index >= 15 is 0 Å². The molecule has 1 unspecified atom stereocenters. The van der Waals surface area contributed by atoms with Crippen LogP contribution in [0.15, 0.2) is 34.7 Å². The van der Waals surface area contributed by atoms with Crippen LogP contribution in [-0.4, -0.2) is 44.7 Å². The molecule has 0 spiro atoms. The summed E-state index contributed by atoms with van der Waals surface area (Å²) in [6.07, 6.45) is 0.824. The van der Waals surface area contributed by atoms with Gasteiger partial charge in [0.25, 0.3) is 0 Å². The lowest BCUT2D eigenvalue weighted by Gasteiger charge is -2.22. The van der Waals surface area contributed by atoms with Gasteiger partial charge in [0.2, 0.25) is 5.91 Å². The van der Waals surface area contributed by atoms with Crippen molar-refractivity contribution < 1.29 is 13.9 Å². The highest BCUT2D eigenvalue weighted by molar-refractivity contribution is 5.78. The first-order valence-electron chi connectivity index (χ1n) is 7.56. The maximum absolute atomic E-state index is 11.9. The van der Waals surface area contributed by atoms with Gasteiger partial charge < -0.3 is 14.5 Å². The highest BCUT2D eigenvalue weighted by Crippen LogP contribution is 2.26. The van der Waals surface area contributed by atoms with Crippen molar-refractivity contribution in [3.63, 3.8) is 0 Å². The second kappa shape index (κ2) is 7.96. The van der Waals surface area contributed by atoms with Gasteiger partial charge in [-0.15, -0.1) is 0 Å². The Hall–Kier alpha value is -1.85. The number of hydrogen-bond acceptors (Lipinski definition) is 4. The summed E-state index contributed by atoms with van der Waals surface area (Å²) in [6.45, 7) is 3.67. The van der Waals surface area contributed by atoms with Crippen LogP contribution < -0.4 is 5.32 Å². The zero-order chi connectivity index (χ0) is 15.9. The molecular weight excluding hydrogens is 280 g/mol. The average Bonchev–Trinajstić information content (AvgIpc) is 2.94. The molecule has 0 fully saturated rings. The number of rotatable bonds is 8. The molecule has 0 bridgehead atoms. The van der Waals surface area contributed by atoms with Gasteiger partial charge in [-0.1, -0.05) is 18.2 Å². The number of carbonyl (C=O) groups excluding carboxylic acids is 1. The Bertz CT molecular complexity index is 576. The number of nitrogens with zero attached hydrogens (tertiary/aromatic N) is 1. The number of hydrogen-bond donors (Lipinski definition) is 1. The number of fused-ring (bicyclic) bond motifs is 1. The maximum Gasteiger partial charge on any atom is 0.234 e. The van der Waals surface area contributed by atoms with Crippen LogP contribution in [0.2, 0.25) is 0 Å². The van der Waals surface area contributed by atoms with Crippen LogP contribution in [0.3, 0.4) is 0 Å². The Morgan fingerprint density at radius 2 is 2.18 bits per heavy atom. The van der Waals surface area contributed by atoms with Gasteiger partial charge in [-0.3, -0.25) is 9.69 Å². The van der Waals surface area contributed by atoms with Crippen molar-refractivity contribution in [2.24, 2.45) is 0 Å². The fraction of sp³-hybridized carbons (Fsp3) is 0.471. The fourth-order valence-electron chi connectivity index (χ4n) is 2.29. The minimum absolute atomic E-state index is 0.0153. The molecule has 1 atom stereocenters. The van der Waals surface area contributed by atoms with Gasteiger partial charge in [0.15, 0.2) is 0 Å². The Morgan fingerprint density at radius 1 is 1.41 bits per heavy atom. The van der Waals surface area contributed by atoms with E-state index in [4.69, 9.17) is 9.15 Å². The summed E-state index contributed by atoms with van der Waals surface area (Å²) in [5.74, 6) is 0.887. The van der Waals surface area contributed by atoms with E-state index < -0.39 is 0 Å². The first kappa shape index (κ1) is 16.5. The predicted molar refractivity (Wildman–Crippen MR) is 86.8 cm³/mol. The molecule has 22 heavy (non-hydrogen) atoms. The van der Waals surface area contributed by atoms with Gasteiger partial charge in [0.05, 0.1) is 12.6 Å². The molecule has 2 aromatic rings. The Labute approximate surface area is 131 Å². The first-order chi connectivity index (χ1) is 10.6. The molecule has 0 aliphatic heterocycles. The predicted octanol–water partition coefficient (Wildman–Crippen LogP) is 2.58. The minimum atomic E-state index is 0.0153. The maximum atomic E-state index is 11.9. The van der Waals surface area contributed by atoms with E-state index in [1.54, 1.807) is 7.11 Å². The lowest BCUT2D eigenvalue weighted by atomic mass is 10.2. The highest BCUT2D eigenvalue weighted by Gasteiger charge is 2.18. The van der Waals surface area contributed by atoms with Crippen LogP contribution >= 0.6 is 0 Å². The Kier molecular flexibility index (Phi) is 5.98. The summed E-state index contributed by atoms with van der Waals surface area (Å²) in [5.41, 5.74) is 0.877. The molecule has 5 nitrogen and oxygen atoms in total. The van der Waals surface area contributed by atoms with Gasteiger partial charge in [-0.2, -0.15) is 0 Å². The summed E-state index contributed by atoms with van der Waals surface area (Å²) >= 11 is 0. The molecule has 1 aromatic heterocycles. The Balaban J connectivity index is 1.88. The van der Waals surface area contributed by atoms with E-state index in [9.17, 15) is 4.79 Å². The summed E-state index contributed by atoms with van der Waals surface area (Å²) < 4.78 is 10.8. The number of amides is 1. The van der Waals surface area contributed by atoms with Gasteiger partial charge in [0.1, 0.15) is 11.3 Å². The third kappa shape index (κ3) is 4.32. The van der Waals surface area contributed by atoms with Crippen LogP contribution in [0.1, 0.15) is 25.1 Å². The quantitative estimate of drug-likeness (QED) is 0.762. The van der Waals surface area contributed by atoms with E-state index in [0.717, 1.165) is 23.2 Å². The second-order valence-corrected chi connectivity index (χ2v) is 5.47. The number of para-hydroxylation sites is 1. The third-order valence-corrected chi connectivity index (χ3v) is 3.76. The molecule has 1 N–H and O–H groups in total. The number of methoxy groups -OCH3 is 1. The third-order valence-electron chi connectivity index (χ3n) is 3.76. The highest BCUT2D eigenvalue weighted by atomic mass is 16.5. The second-order valence-electron chi connectivity index (χ2n) is 5.47. The molecule has 0 saturated carbocycles. The zero-order valence-corrected chi connectivity index (χ0v) is 13.5. The number of ether oxygens (including phenoxy) is 1. The topological polar surface area (TPSA) is 54.7 Å². The number of nitrogens with one attached hydrogen (secondary N) is 1. The summed E-state index contributed by atoms with van der Waals surface area (Å²) in [4.78, 5) is 13.9. The van der Waals surface area contributed by atoms with Crippen molar-refractivity contribution in [1.29, 1.82) is 0 Å². The van der Waals surface area contributed by atoms with Crippen molar-refractivity contribution in [2.75, 3.05) is 33.9 Å². The van der Waals surface area contributed by atoms with Crippen LogP contribution in [0.25, 0.3) is 11.0 Å².